The Balaban J connectivity index is 2.21. The molecule has 1 amide bonds. The van der Waals surface area contributed by atoms with Crippen molar-refractivity contribution < 1.29 is 14.7 Å². The van der Waals surface area contributed by atoms with Crippen molar-refractivity contribution in [2.24, 2.45) is 5.41 Å². The van der Waals surface area contributed by atoms with Crippen molar-refractivity contribution in [3.63, 3.8) is 0 Å². The Hall–Kier alpha value is -1.88. The monoisotopic (exact) mass is 262 g/mol. The molecule has 1 aromatic carbocycles. The number of para-hydroxylation sites is 1. The second kappa shape index (κ2) is 5.40. The topological polar surface area (TPSA) is 78.4 Å². The lowest BCUT2D eigenvalue weighted by Crippen LogP contribution is -2.37. The molecule has 0 saturated carbocycles. The summed E-state index contributed by atoms with van der Waals surface area (Å²) in [6.07, 6.45) is 1.52. The third-order valence-electron chi connectivity index (χ3n) is 3.81. The zero-order valence-electron chi connectivity index (χ0n) is 10.9. The number of hydrogen-bond acceptors (Lipinski definition) is 3. The maximum Gasteiger partial charge on any atom is 0.337 e. The minimum atomic E-state index is -1.04. The van der Waals surface area contributed by atoms with Gasteiger partial charge in [0.15, 0.2) is 0 Å². The number of anilines is 1. The van der Waals surface area contributed by atoms with Gasteiger partial charge in [0.1, 0.15) is 0 Å². The number of rotatable bonds is 4. The van der Waals surface area contributed by atoms with Gasteiger partial charge in [-0.1, -0.05) is 19.1 Å². The van der Waals surface area contributed by atoms with E-state index in [2.05, 4.69) is 10.6 Å². The van der Waals surface area contributed by atoms with Crippen LogP contribution in [0, 0.1) is 5.41 Å². The van der Waals surface area contributed by atoms with Gasteiger partial charge < -0.3 is 15.7 Å². The molecule has 5 nitrogen and oxygen atoms in total. The van der Waals surface area contributed by atoms with Gasteiger partial charge in [0.2, 0.25) is 5.91 Å². The fraction of sp³-hybridized carbons (Fsp3) is 0.429. The SMILES string of the molecule is CCC1(C(=O)Nc2ccccc2C(=O)O)CCNC1. The molecule has 1 saturated heterocycles. The summed E-state index contributed by atoms with van der Waals surface area (Å²) in [6, 6.07) is 6.47. The number of aromatic carboxylic acids is 1. The lowest BCUT2D eigenvalue weighted by Gasteiger charge is -2.25. The van der Waals surface area contributed by atoms with Gasteiger partial charge in [0, 0.05) is 6.54 Å². The molecular weight excluding hydrogens is 244 g/mol. The van der Waals surface area contributed by atoms with E-state index in [0.717, 1.165) is 19.4 Å². The van der Waals surface area contributed by atoms with Crippen LogP contribution in [-0.2, 0) is 4.79 Å². The average molecular weight is 262 g/mol. The van der Waals surface area contributed by atoms with Crippen LogP contribution in [0.3, 0.4) is 0 Å². The molecule has 0 spiro atoms. The van der Waals surface area contributed by atoms with Gasteiger partial charge in [-0.05, 0) is 31.5 Å². The molecular formula is C14H18N2O3. The number of hydrogen-bond donors (Lipinski definition) is 3. The Bertz CT molecular complexity index is 493. The summed E-state index contributed by atoms with van der Waals surface area (Å²) in [6.45, 7) is 3.45. The number of amides is 1. The van der Waals surface area contributed by atoms with Gasteiger partial charge in [0.05, 0.1) is 16.7 Å². The van der Waals surface area contributed by atoms with Crippen molar-refractivity contribution in [1.29, 1.82) is 0 Å². The third kappa shape index (κ3) is 2.61. The summed E-state index contributed by atoms with van der Waals surface area (Å²) in [5.74, 6) is -1.14. The summed E-state index contributed by atoms with van der Waals surface area (Å²) < 4.78 is 0. The molecule has 0 radical (unpaired) electrons. The molecule has 0 aliphatic carbocycles. The summed E-state index contributed by atoms with van der Waals surface area (Å²) >= 11 is 0. The largest absolute Gasteiger partial charge is 0.478 e. The minimum absolute atomic E-state index is 0.103. The number of carboxylic acids is 1. The Kier molecular flexibility index (Phi) is 3.85. The van der Waals surface area contributed by atoms with Gasteiger partial charge in [-0.3, -0.25) is 4.79 Å². The van der Waals surface area contributed by atoms with E-state index in [-0.39, 0.29) is 11.5 Å². The Morgan fingerprint density at radius 1 is 1.42 bits per heavy atom. The summed E-state index contributed by atoms with van der Waals surface area (Å²) in [5, 5.41) is 15.1. The standard InChI is InChI=1S/C14H18N2O3/c1-2-14(7-8-15-9-14)13(19)16-11-6-4-3-5-10(11)12(17)18/h3-6,15H,2,7-9H2,1H3,(H,16,19)(H,17,18). The van der Waals surface area contributed by atoms with Crippen molar-refractivity contribution >= 4 is 17.6 Å². The molecule has 0 aromatic heterocycles. The van der Waals surface area contributed by atoms with Crippen molar-refractivity contribution in [3.05, 3.63) is 29.8 Å². The summed E-state index contributed by atoms with van der Waals surface area (Å²) in [7, 11) is 0. The average Bonchev–Trinajstić information content (AvgIpc) is 2.89. The highest BCUT2D eigenvalue weighted by molar-refractivity contribution is 6.02. The van der Waals surface area contributed by atoms with Crippen LogP contribution in [0.4, 0.5) is 5.69 Å². The maximum atomic E-state index is 12.4. The van der Waals surface area contributed by atoms with E-state index >= 15 is 0 Å². The Morgan fingerprint density at radius 2 is 2.16 bits per heavy atom. The highest BCUT2D eigenvalue weighted by atomic mass is 16.4. The second-order valence-electron chi connectivity index (χ2n) is 4.87. The van der Waals surface area contributed by atoms with Gasteiger partial charge in [0.25, 0.3) is 0 Å². The van der Waals surface area contributed by atoms with Crippen LogP contribution >= 0.6 is 0 Å². The first kappa shape index (κ1) is 13.5. The fourth-order valence-corrected chi connectivity index (χ4v) is 2.43. The van der Waals surface area contributed by atoms with E-state index in [0.29, 0.717) is 12.2 Å². The molecule has 0 bridgehead atoms. The van der Waals surface area contributed by atoms with E-state index in [1.807, 2.05) is 6.92 Å². The molecule has 1 aromatic rings. The highest BCUT2D eigenvalue weighted by Gasteiger charge is 2.39. The molecule has 1 aliphatic rings. The second-order valence-corrected chi connectivity index (χ2v) is 4.87. The number of benzene rings is 1. The molecule has 1 atom stereocenters. The smallest absolute Gasteiger partial charge is 0.337 e. The van der Waals surface area contributed by atoms with Crippen LogP contribution in [0.2, 0.25) is 0 Å². The zero-order valence-corrected chi connectivity index (χ0v) is 10.9. The van der Waals surface area contributed by atoms with Crippen molar-refractivity contribution in [2.45, 2.75) is 19.8 Å². The van der Waals surface area contributed by atoms with Crippen molar-refractivity contribution in [3.8, 4) is 0 Å². The number of carbonyl (C=O) groups is 2. The molecule has 19 heavy (non-hydrogen) atoms. The zero-order chi connectivity index (χ0) is 13.9. The van der Waals surface area contributed by atoms with Crippen molar-refractivity contribution in [1.82, 2.24) is 5.32 Å². The lowest BCUT2D eigenvalue weighted by atomic mass is 9.83. The molecule has 1 unspecified atom stereocenters. The fourth-order valence-electron chi connectivity index (χ4n) is 2.43. The normalized spacial score (nSPS) is 22.2. The van der Waals surface area contributed by atoms with E-state index < -0.39 is 11.4 Å². The Labute approximate surface area is 112 Å². The first-order chi connectivity index (χ1) is 9.09. The van der Waals surface area contributed by atoms with E-state index in [9.17, 15) is 9.59 Å². The minimum Gasteiger partial charge on any atom is -0.478 e. The van der Waals surface area contributed by atoms with Gasteiger partial charge in [-0.2, -0.15) is 0 Å². The van der Waals surface area contributed by atoms with Crippen LogP contribution in [0.1, 0.15) is 30.1 Å². The molecule has 5 heteroatoms. The predicted molar refractivity (Wildman–Crippen MR) is 72.2 cm³/mol. The molecule has 1 heterocycles. The van der Waals surface area contributed by atoms with Gasteiger partial charge in [-0.15, -0.1) is 0 Å². The first-order valence-electron chi connectivity index (χ1n) is 6.43. The van der Waals surface area contributed by atoms with Crippen molar-refractivity contribution in [2.75, 3.05) is 18.4 Å². The quantitative estimate of drug-likeness (QED) is 0.772. The highest BCUT2D eigenvalue weighted by Crippen LogP contribution is 2.31. The number of carbonyl (C=O) groups excluding carboxylic acids is 1. The Morgan fingerprint density at radius 3 is 2.74 bits per heavy atom. The van der Waals surface area contributed by atoms with E-state index in [4.69, 9.17) is 5.11 Å². The third-order valence-corrected chi connectivity index (χ3v) is 3.81. The number of nitrogens with one attached hydrogen (secondary N) is 2. The summed E-state index contributed by atoms with van der Waals surface area (Å²) in [5.41, 5.74) is 0.0544. The van der Waals surface area contributed by atoms with Crippen LogP contribution in [-0.4, -0.2) is 30.1 Å². The van der Waals surface area contributed by atoms with E-state index in [1.165, 1.54) is 6.07 Å². The van der Waals surface area contributed by atoms with E-state index in [1.54, 1.807) is 18.2 Å². The number of carboxylic acid groups (broad SMARTS) is 1. The molecule has 102 valence electrons. The molecule has 3 N–H and O–H groups in total. The summed E-state index contributed by atoms with van der Waals surface area (Å²) in [4.78, 5) is 23.5. The molecule has 1 aliphatic heterocycles. The first-order valence-corrected chi connectivity index (χ1v) is 6.43. The van der Waals surface area contributed by atoms with Gasteiger partial charge >= 0.3 is 5.97 Å². The van der Waals surface area contributed by atoms with Crippen LogP contribution in [0.15, 0.2) is 24.3 Å². The maximum absolute atomic E-state index is 12.4. The van der Waals surface area contributed by atoms with Crippen LogP contribution in [0.25, 0.3) is 0 Å². The van der Waals surface area contributed by atoms with Gasteiger partial charge in [-0.25, -0.2) is 4.79 Å². The van der Waals surface area contributed by atoms with Crippen LogP contribution in [0.5, 0.6) is 0 Å². The lowest BCUT2D eigenvalue weighted by molar-refractivity contribution is -0.124. The van der Waals surface area contributed by atoms with Crippen LogP contribution < -0.4 is 10.6 Å². The predicted octanol–water partition coefficient (Wildman–Crippen LogP) is 1.71. The molecule has 2 rings (SSSR count). The molecule has 1 fully saturated rings.